The number of nitrogens with one attached hydrogen (secondary N) is 3. The predicted molar refractivity (Wildman–Crippen MR) is 103 cm³/mol. The van der Waals surface area contributed by atoms with Crippen LogP contribution >= 0.6 is 12.4 Å². The Morgan fingerprint density at radius 1 is 1.31 bits per heavy atom. The lowest BCUT2D eigenvalue weighted by atomic mass is 9.85. The topological polar surface area (TPSA) is 98.1 Å². The lowest BCUT2D eigenvalue weighted by molar-refractivity contribution is -0.121. The fourth-order valence-electron chi connectivity index (χ4n) is 3.93. The highest BCUT2D eigenvalue weighted by Gasteiger charge is 2.36. The molecule has 2 atom stereocenters. The zero-order chi connectivity index (χ0) is 18.0. The van der Waals surface area contributed by atoms with E-state index in [2.05, 4.69) is 34.0 Å². The summed E-state index contributed by atoms with van der Waals surface area (Å²) in [5.41, 5.74) is -0.781. The highest BCUT2D eigenvalue weighted by Crippen LogP contribution is 2.31. The number of aromatic amines is 2. The predicted octanol–water partition coefficient (Wildman–Crippen LogP) is 0.900. The van der Waals surface area contributed by atoms with Crippen LogP contribution in [-0.2, 0) is 11.2 Å². The summed E-state index contributed by atoms with van der Waals surface area (Å²) in [6.45, 7) is 7.44. The number of aromatic nitrogens is 2. The molecular weight excluding hydrogens is 356 g/mol. The Morgan fingerprint density at radius 2 is 2.04 bits per heavy atom. The van der Waals surface area contributed by atoms with E-state index in [1.165, 1.54) is 25.5 Å². The molecule has 3 N–H and O–H groups in total. The SMILES string of the molecule is CC(C)[C@H]1CN(CC2CCC2)C[C@@H]1NC(=O)Cc1c[nH]c(=O)[nH]c1=O.Cl. The second-order valence-corrected chi connectivity index (χ2v) is 7.87. The van der Waals surface area contributed by atoms with Crippen molar-refractivity contribution in [2.75, 3.05) is 19.6 Å². The Hall–Kier alpha value is -1.60. The van der Waals surface area contributed by atoms with Crippen LogP contribution in [0.25, 0.3) is 0 Å². The van der Waals surface area contributed by atoms with Crippen molar-refractivity contribution >= 4 is 18.3 Å². The maximum absolute atomic E-state index is 12.4. The number of rotatable bonds is 6. The Labute approximate surface area is 159 Å². The molecule has 1 saturated heterocycles. The van der Waals surface area contributed by atoms with Crippen molar-refractivity contribution in [3.8, 4) is 0 Å². The lowest BCUT2D eigenvalue weighted by Gasteiger charge is -2.30. The van der Waals surface area contributed by atoms with Crippen molar-refractivity contribution in [2.45, 2.75) is 45.6 Å². The summed E-state index contributed by atoms with van der Waals surface area (Å²) in [6, 6.07) is 0.120. The molecule has 0 radical (unpaired) electrons. The van der Waals surface area contributed by atoms with Crippen molar-refractivity contribution in [3.05, 3.63) is 32.6 Å². The molecule has 146 valence electrons. The quantitative estimate of drug-likeness (QED) is 0.678. The van der Waals surface area contributed by atoms with Gasteiger partial charge in [-0.2, -0.15) is 0 Å². The summed E-state index contributed by atoms with van der Waals surface area (Å²) in [5, 5.41) is 3.11. The molecule has 2 heterocycles. The van der Waals surface area contributed by atoms with Gasteiger partial charge in [0.05, 0.1) is 6.42 Å². The molecule has 0 spiro atoms. The molecule has 1 aromatic heterocycles. The van der Waals surface area contributed by atoms with Crippen LogP contribution in [0.5, 0.6) is 0 Å². The van der Waals surface area contributed by atoms with E-state index in [0.29, 0.717) is 11.8 Å². The molecule has 1 saturated carbocycles. The van der Waals surface area contributed by atoms with Crippen molar-refractivity contribution in [1.29, 1.82) is 0 Å². The Kier molecular flexibility index (Phi) is 7.06. The molecule has 1 amide bonds. The first kappa shape index (κ1) is 20.7. The number of likely N-dealkylation sites (tertiary alicyclic amines) is 1. The van der Waals surface area contributed by atoms with Crippen molar-refractivity contribution < 1.29 is 4.79 Å². The molecule has 7 nitrogen and oxygen atoms in total. The number of nitrogens with zero attached hydrogens (tertiary/aromatic N) is 1. The first-order chi connectivity index (χ1) is 11.9. The summed E-state index contributed by atoms with van der Waals surface area (Å²) < 4.78 is 0. The van der Waals surface area contributed by atoms with Crippen LogP contribution in [0.4, 0.5) is 0 Å². The minimum atomic E-state index is -0.559. The van der Waals surface area contributed by atoms with Gasteiger partial charge in [-0.05, 0) is 30.6 Å². The molecule has 1 aromatic rings. The van der Waals surface area contributed by atoms with E-state index in [1.54, 1.807) is 0 Å². The van der Waals surface area contributed by atoms with Gasteiger partial charge in [0.1, 0.15) is 0 Å². The molecule has 1 aliphatic carbocycles. The average molecular weight is 385 g/mol. The third-order valence-corrected chi connectivity index (χ3v) is 5.63. The minimum Gasteiger partial charge on any atom is -0.351 e. The van der Waals surface area contributed by atoms with Gasteiger partial charge < -0.3 is 15.2 Å². The smallest absolute Gasteiger partial charge is 0.325 e. The van der Waals surface area contributed by atoms with Crippen LogP contribution in [0, 0.1) is 17.8 Å². The van der Waals surface area contributed by atoms with Crippen molar-refractivity contribution in [2.24, 2.45) is 17.8 Å². The maximum atomic E-state index is 12.4. The van der Waals surface area contributed by atoms with Crippen LogP contribution in [0.1, 0.15) is 38.7 Å². The average Bonchev–Trinajstić information content (AvgIpc) is 2.89. The van der Waals surface area contributed by atoms with Crippen LogP contribution < -0.4 is 16.6 Å². The first-order valence-corrected chi connectivity index (χ1v) is 9.25. The number of carbonyl (C=O) groups excluding carboxylic acids is 1. The fourth-order valence-corrected chi connectivity index (χ4v) is 3.93. The van der Waals surface area contributed by atoms with Gasteiger partial charge >= 0.3 is 5.69 Å². The van der Waals surface area contributed by atoms with E-state index in [-0.39, 0.29) is 36.3 Å². The zero-order valence-corrected chi connectivity index (χ0v) is 16.2. The molecule has 26 heavy (non-hydrogen) atoms. The molecule has 8 heteroatoms. The van der Waals surface area contributed by atoms with E-state index in [4.69, 9.17) is 0 Å². The summed E-state index contributed by atoms with van der Waals surface area (Å²) in [4.78, 5) is 42.2. The van der Waals surface area contributed by atoms with Crippen LogP contribution in [0.3, 0.4) is 0 Å². The molecular formula is C18H29ClN4O3. The third kappa shape index (κ3) is 4.98. The van der Waals surface area contributed by atoms with Crippen LogP contribution in [0.2, 0.25) is 0 Å². The number of hydrogen-bond donors (Lipinski definition) is 3. The molecule has 1 aliphatic heterocycles. The van der Waals surface area contributed by atoms with E-state index in [9.17, 15) is 14.4 Å². The van der Waals surface area contributed by atoms with E-state index in [1.807, 2.05) is 0 Å². The number of amides is 1. The minimum absolute atomic E-state index is 0. The van der Waals surface area contributed by atoms with E-state index < -0.39 is 11.2 Å². The highest BCUT2D eigenvalue weighted by atomic mass is 35.5. The first-order valence-electron chi connectivity index (χ1n) is 9.25. The molecule has 0 bridgehead atoms. The van der Waals surface area contributed by atoms with Crippen LogP contribution in [0.15, 0.2) is 15.8 Å². The van der Waals surface area contributed by atoms with Gasteiger partial charge in [0.15, 0.2) is 0 Å². The Morgan fingerprint density at radius 3 is 2.62 bits per heavy atom. The van der Waals surface area contributed by atoms with Gasteiger partial charge in [-0.25, -0.2) is 4.79 Å². The standard InChI is InChI=1S/C18H28N4O3.ClH/c1-11(2)14-9-22(8-12-4-3-5-12)10-15(14)20-16(23)6-13-7-19-18(25)21-17(13)24;/h7,11-12,14-15H,3-6,8-10H2,1-2H3,(H,20,23)(H2,19,21,24,25);1H/t14-,15+;/m1./s1. The highest BCUT2D eigenvalue weighted by molar-refractivity contribution is 5.85. The number of H-pyrrole nitrogens is 2. The van der Waals surface area contributed by atoms with E-state index >= 15 is 0 Å². The van der Waals surface area contributed by atoms with Gasteiger partial charge in [0.2, 0.25) is 5.91 Å². The molecule has 0 unspecified atom stereocenters. The van der Waals surface area contributed by atoms with Gasteiger partial charge in [0, 0.05) is 37.4 Å². The largest absolute Gasteiger partial charge is 0.351 e. The zero-order valence-electron chi connectivity index (χ0n) is 15.4. The second kappa shape index (κ2) is 8.86. The lowest BCUT2D eigenvalue weighted by Crippen LogP contribution is -2.43. The monoisotopic (exact) mass is 384 g/mol. The normalized spacial score (nSPS) is 23.5. The second-order valence-electron chi connectivity index (χ2n) is 7.87. The van der Waals surface area contributed by atoms with Crippen LogP contribution in [-0.4, -0.2) is 46.5 Å². The summed E-state index contributed by atoms with van der Waals surface area (Å²) >= 11 is 0. The Bertz CT molecular complexity index is 726. The third-order valence-electron chi connectivity index (χ3n) is 5.63. The van der Waals surface area contributed by atoms with Crippen molar-refractivity contribution in [3.63, 3.8) is 0 Å². The van der Waals surface area contributed by atoms with Gasteiger partial charge in [-0.1, -0.05) is 20.3 Å². The maximum Gasteiger partial charge on any atom is 0.325 e. The van der Waals surface area contributed by atoms with Crippen molar-refractivity contribution in [1.82, 2.24) is 20.2 Å². The number of hydrogen-bond acceptors (Lipinski definition) is 4. The van der Waals surface area contributed by atoms with Gasteiger partial charge in [-0.15, -0.1) is 12.4 Å². The van der Waals surface area contributed by atoms with Gasteiger partial charge in [0.25, 0.3) is 5.56 Å². The molecule has 2 aliphatic rings. The molecule has 0 aromatic carbocycles. The molecule has 2 fully saturated rings. The summed E-state index contributed by atoms with van der Waals surface area (Å²) in [6.07, 6.45) is 5.30. The number of halogens is 1. The fraction of sp³-hybridized carbons (Fsp3) is 0.722. The molecule has 3 rings (SSSR count). The summed E-state index contributed by atoms with van der Waals surface area (Å²) in [7, 11) is 0. The van der Waals surface area contributed by atoms with Gasteiger partial charge in [-0.3, -0.25) is 14.6 Å². The number of carbonyl (C=O) groups is 1. The Balaban J connectivity index is 0.00000243. The summed E-state index contributed by atoms with van der Waals surface area (Å²) in [5.74, 6) is 1.58. The van der Waals surface area contributed by atoms with E-state index in [0.717, 1.165) is 25.6 Å².